The number of hydrogen-bond acceptors (Lipinski definition) is 2. The fourth-order valence-corrected chi connectivity index (χ4v) is 8.30. The Morgan fingerprint density at radius 3 is 1.12 bits per heavy atom. The molecular formula is C56H42N2. The van der Waals surface area contributed by atoms with Crippen molar-refractivity contribution in [3.63, 3.8) is 0 Å². The Bertz CT molecular complexity index is 2910. The predicted molar refractivity (Wildman–Crippen MR) is 247 cm³/mol. The number of fused-ring (bicyclic) bond motifs is 2. The first-order valence-electron chi connectivity index (χ1n) is 20.1. The van der Waals surface area contributed by atoms with Crippen LogP contribution in [0.15, 0.2) is 236 Å². The second-order valence-corrected chi connectivity index (χ2v) is 15.0. The Balaban J connectivity index is 0.864. The van der Waals surface area contributed by atoms with Crippen molar-refractivity contribution in [3.05, 3.63) is 242 Å². The van der Waals surface area contributed by atoms with E-state index in [9.17, 15) is 0 Å². The summed E-state index contributed by atoms with van der Waals surface area (Å²) in [5.74, 6) is 0. The zero-order chi connectivity index (χ0) is 38.7. The Labute approximate surface area is 340 Å². The van der Waals surface area contributed by atoms with Gasteiger partial charge in [0.2, 0.25) is 0 Å². The molecule has 0 aliphatic heterocycles. The normalized spacial score (nSPS) is 12.6. The fraction of sp³-hybridized carbons (Fsp3) is 0.0357. The maximum Gasteiger partial charge on any atom is 0.0468 e. The highest BCUT2D eigenvalue weighted by Crippen LogP contribution is 2.39. The molecule has 0 unspecified atom stereocenters. The molecule has 2 heteroatoms. The largest absolute Gasteiger partial charge is 0.314 e. The van der Waals surface area contributed by atoms with Crippen molar-refractivity contribution in [2.24, 2.45) is 0 Å². The van der Waals surface area contributed by atoms with E-state index in [1.807, 2.05) is 0 Å². The van der Waals surface area contributed by atoms with Gasteiger partial charge in [0.25, 0.3) is 0 Å². The number of hydrogen-bond donors (Lipinski definition) is 0. The molecule has 0 spiro atoms. The second-order valence-electron chi connectivity index (χ2n) is 15.0. The van der Waals surface area contributed by atoms with E-state index in [1.165, 1.54) is 72.0 Å². The summed E-state index contributed by atoms with van der Waals surface area (Å²) >= 11 is 0. The van der Waals surface area contributed by atoms with E-state index in [0.717, 1.165) is 29.9 Å². The van der Waals surface area contributed by atoms with Gasteiger partial charge in [0, 0.05) is 34.1 Å². The van der Waals surface area contributed by atoms with Gasteiger partial charge in [-0.15, -0.1) is 0 Å². The molecule has 0 saturated heterocycles. The molecule has 1 aliphatic carbocycles. The van der Waals surface area contributed by atoms with Crippen molar-refractivity contribution in [1.82, 2.24) is 0 Å². The van der Waals surface area contributed by atoms with Crippen molar-refractivity contribution >= 4 is 55.6 Å². The third kappa shape index (κ3) is 7.09. The minimum Gasteiger partial charge on any atom is -0.314 e. The molecule has 0 saturated carbocycles. The van der Waals surface area contributed by atoms with Crippen LogP contribution in [0.25, 0.3) is 49.4 Å². The van der Waals surface area contributed by atoms with Crippen LogP contribution in [0.1, 0.15) is 18.4 Å². The van der Waals surface area contributed by atoms with E-state index < -0.39 is 0 Å². The summed E-state index contributed by atoms with van der Waals surface area (Å²) in [5.41, 5.74) is 14.5. The summed E-state index contributed by atoms with van der Waals surface area (Å²) in [5, 5.41) is 4.98. The zero-order valence-corrected chi connectivity index (χ0v) is 32.2. The van der Waals surface area contributed by atoms with Gasteiger partial charge in [0.05, 0.1) is 0 Å². The summed E-state index contributed by atoms with van der Waals surface area (Å²) in [4.78, 5) is 4.74. The molecule has 0 bridgehead atoms. The topological polar surface area (TPSA) is 6.48 Å². The van der Waals surface area contributed by atoms with Crippen molar-refractivity contribution in [2.45, 2.75) is 12.8 Å². The summed E-state index contributed by atoms with van der Waals surface area (Å²) < 4.78 is 0. The van der Waals surface area contributed by atoms with Crippen LogP contribution in [0.3, 0.4) is 0 Å². The Morgan fingerprint density at radius 2 is 0.638 bits per heavy atom. The minimum atomic E-state index is 0.964. The molecule has 1 aliphatic rings. The zero-order valence-electron chi connectivity index (χ0n) is 32.2. The Hall–Kier alpha value is -7.42. The third-order valence-corrected chi connectivity index (χ3v) is 11.4. The van der Waals surface area contributed by atoms with Crippen molar-refractivity contribution in [2.75, 3.05) is 9.80 Å². The lowest BCUT2D eigenvalue weighted by Gasteiger charge is -2.30. The average molecular weight is 743 g/mol. The second kappa shape index (κ2) is 15.6. The maximum atomic E-state index is 2.41. The molecule has 9 aromatic carbocycles. The molecule has 0 heterocycles. The maximum absolute atomic E-state index is 2.41. The molecule has 0 amide bonds. The SMILES string of the molecule is C1=C(c2ccc(-c3ccc(-c4ccc(N(c5ccccc5)c5ccc6ccccc6c5)cc4)cc3)cc2)CCC(N(c2ccccc2)c2ccc3ccccc3c2)=C1. The molecule has 9 aromatic rings. The summed E-state index contributed by atoms with van der Waals surface area (Å²) in [7, 11) is 0. The van der Waals surface area contributed by atoms with E-state index in [4.69, 9.17) is 0 Å². The lowest BCUT2D eigenvalue weighted by molar-refractivity contribution is 0.930. The highest BCUT2D eigenvalue weighted by atomic mass is 15.2. The first-order chi connectivity index (χ1) is 28.7. The number of nitrogens with zero attached hydrogens (tertiary/aromatic N) is 2. The molecule has 0 aromatic heterocycles. The molecule has 2 nitrogen and oxygen atoms in total. The molecule has 0 atom stereocenters. The summed E-state index contributed by atoms with van der Waals surface area (Å²) in [6.45, 7) is 0. The van der Waals surface area contributed by atoms with E-state index in [2.05, 4.69) is 240 Å². The molecule has 10 rings (SSSR count). The third-order valence-electron chi connectivity index (χ3n) is 11.4. The van der Waals surface area contributed by atoms with Crippen LogP contribution in [0.4, 0.5) is 28.4 Å². The molecule has 58 heavy (non-hydrogen) atoms. The van der Waals surface area contributed by atoms with Gasteiger partial charge in [-0.1, -0.05) is 164 Å². The summed E-state index contributed by atoms with van der Waals surface area (Å²) in [6, 6.07) is 78.8. The minimum absolute atomic E-state index is 0.964. The molecule has 0 fully saturated rings. The number of allylic oxidation sites excluding steroid dienone is 4. The number of benzene rings is 9. The van der Waals surface area contributed by atoms with Crippen molar-refractivity contribution in [1.29, 1.82) is 0 Å². The van der Waals surface area contributed by atoms with Crippen LogP contribution < -0.4 is 9.80 Å². The Morgan fingerprint density at radius 1 is 0.259 bits per heavy atom. The van der Waals surface area contributed by atoms with Gasteiger partial charge in [-0.2, -0.15) is 0 Å². The number of para-hydroxylation sites is 2. The van der Waals surface area contributed by atoms with Crippen LogP contribution in [0.5, 0.6) is 0 Å². The summed E-state index contributed by atoms with van der Waals surface area (Å²) in [6.07, 6.45) is 6.57. The van der Waals surface area contributed by atoms with Crippen molar-refractivity contribution in [3.8, 4) is 22.3 Å². The fourth-order valence-electron chi connectivity index (χ4n) is 8.30. The smallest absolute Gasteiger partial charge is 0.0468 e. The lowest BCUT2D eigenvalue weighted by Crippen LogP contribution is -2.17. The first-order valence-corrected chi connectivity index (χ1v) is 20.1. The predicted octanol–water partition coefficient (Wildman–Crippen LogP) is 15.7. The first kappa shape index (κ1) is 35.0. The molecule has 0 radical (unpaired) electrons. The van der Waals surface area contributed by atoms with Gasteiger partial charge in [-0.25, -0.2) is 0 Å². The van der Waals surface area contributed by atoms with Crippen molar-refractivity contribution < 1.29 is 0 Å². The van der Waals surface area contributed by atoms with Gasteiger partial charge in [0.1, 0.15) is 0 Å². The number of anilines is 5. The van der Waals surface area contributed by atoms with Gasteiger partial charge in [0.15, 0.2) is 0 Å². The van der Waals surface area contributed by atoms with Crippen LogP contribution in [0, 0.1) is 0 Å². The monoisotopic (exact) mass is 742 g/mol. The average Bonchev–Trinajstić information content (AvgIpc) is 3.30. The van der Waals surface area contributed by atoms with E-state index >= 15 is 0 Å². The number of rotatable bonds is 9. The standard InChI is InChI=1S/C56H42N2/c1-3-15-51(16-4-1)57(55-37-31-41-11-7-9-13-49(41)39-55)53-33-27-47(28-34-53)45-23-19-43(20-24-45)44-21-25-46(26-22-44)48-29-35-54(36-30-48)58(52-17-5-2-6-18-52)56-38-32-42-12-8-10-14-50(42)40-56/h1-29,31-35,37-40H,30,36H2. The Kier molecular flexibility index (Phi) is 9.43. The van der Waals surface area contributed by atoms with Crippen LogP contribution >= 0.6 is 0 Å². The van der Waals surface area contributed by atoms with Crippen LogP contribution in [-0.4, -0.2) is 0 Å². The highest BCUT2D eigenvalue weighted by molar-refractivity contribution is 5.90. The quantitative estimate of drug-likeness (QED) is 0.145. The van der Waals surface area contributed by atoms with Crippen LogP contribution in [0.2, 0.25) is 0 Å². The van der Waals surface area contributed by atoms with Gasteiger partial charge in [-0.3, -0.25) is 0 Å². The van der Waals surface area contributed by atoms with Crippen LogP contribution in [-0.2, 0) is 0 Å². The van der Waals surface area contributed by atoms with Gasteiger partial charge in [-0.05, 0) is 135 Å². The molecule has 276 valence electrons. The lowest BCUT2D eigenvalue weighted by atomic mass is 9.93. The van der Waals surface area contributed by atoms with E-state index in [-0.39, 0.29) is 0 Å². The van der Waals surface area contributed by atoms with E-state index in [0.29, 0.717) is 0 Å². The molecule has 0 N–H and O–H groups in total. The molecular weight excluding hydrogens is 701 g/mol. The highest BCUT2D eigenvalue weighted by Gasteiger charge is 2.19. The van der Waals surface area contributed by atoms with E-state index in [1.54, 1.807) is 0 Å². The van der Waals surface area contributed by atoms with Gasteiger partial charge >= 0.3 is 0 Å². The van der Waals surface area contributed by atoms with Gasteiger partial charge < -0.3 is 9.80 Å².